The SMILES string of the molecule is CC(C)OC(=O)c1c(NC(=O)CSc2nnc(C(C)Oc3ccc(Cl)cc3Cl)n2C)sc2c1CCCC2. The number of hydrogen-bond acceptors (Lipinski definition) is 8. The number of thioether (sulfide) groups is 1. The second kappa shape index (κ2) is 12.1. The van der Waals surface area contributed by atoms with Crippen LogP contribution >= 0.6 is 46.3 Å². The molecule has 2 aromatic heterocycles. The van der Waals surface area contributed by atoms with Gasteiger partial charge in [0.15, 0.2) is 17.1 Å². The predicted molar refractivity (Wildman–Crippen MR) is 147 cm³/mol. The van der Waals surface area contributed by atoms with Crippen LogP contribution in [-0.2, 0) is 29.4 Å². The number of thiophene rings is 1. The number of aryl methyl sites for hydroxylation is 1. The van der Waals surface area contributed by atoms with Gasteiger partial charge in [-0.05, 0) is 70.2 Å². The number of carbonyl (C=O) groups is 2. The number of fused-ring (bicyclic) bond motifs is 1. The third-order valence-corrected chi connectivity index (χ3v) is 8.49. The second-order valence-electron chi connectivity index (χ2n) is 8.94. The smallest absolute Gasteiger partial charge is 0.341 e. The van der Waals surface area contributed by atoms with Crippen LogP contribution in [0.1, 0.15) is 66.3 Å². The zero-order valence-electron chi connectivity index (χ0n) is 21.0. The lowest BCUT2D eigenvalue weighted by Crippen LogP contribution is -2.19. The van der Waals surface area contributed by atoms with Crippen molar-refractivity contribution < 1.29 is 19.1 Å². The van der Waals surface area contributed by atoms with Crippen molar-refractivity contribution in [3.05, 3.63) is 50.1 Å². The van der Waals surface area contributed by atoms with Crippen molar-refractivity contribution in [3.63, 3.8) is 0 Å². The molecule has 1 N–H and O–H groups in total. The van der Waals surface area contributed by atoms with Crippen molar-refractivity contribution in [1.29, 1.82) is 0 Å². The molecule has 1 atom stereocenters. The van der Waals surface area contributed by atoms with Gasteiger partial charge in [-0.2, -0.15) is 0 Å². The number of nitrogens with one attached hydrogen (secondary N) is 1. The standard InChI is InChI=1S/C25H28Cl2N4O4S2/c1-13(2)34-24(33)21-16-7-5-6-8-19(16)37-23(21)28-20(32)12-36-25-30-29-22(31(25)4)14(3)35-18-10-9-15(26)11-17(18)27/h9-11,13-14H,5-8,12H2,1-4H3,(H,28,32). The fourth-order valence-electron chi connectivity index (χ4n) is 4.06. The quantitative estimate of drug-likeness (QED) is 0.227. The van der Waals surface area contributed by atoms with E-state index in [0.29, 0.717) is 37.3 Å². The number of esters is 1. The molecule has 0 fully saturated rings. The Labute approximate surface area is 234 Å². The summed E-state index contributed by atoms with van der Waals surface area (Å²) in [6.45, 7) is 5.47. The molecule has 12 heteroatoms. The summed E-state index contributed by atoms with van der Waals surface area (Å²) in [4.78, 5) is 26.8. The summed E-state index contributed by atoms with van der Waals surface area (Å²) >= 11 is 14.9. The van der Waals surface area contributed by atoms with E-state index < -0.39 is 6.10 Å². The predicted octanol–water partition coefficient (Wildman–Crippen LogP) is 6.50. The average molecular weight is 584 g/mol. The van der Waals surface area contributed by atoms with E-state index in [4.69, 9.17) is 32.7 Å². The second-order valence-corrected chi connectivity index (χ2v) is 11.8. The van der Waals surface area contributed by atoms with E-state index >= 15 is 0 Å². The van der Waals surface area contributed by atoms with Gasteiger partial charge in [0.1, 0.15) is 10.8 Å². The Morgan fingerprint density at radius 2 is 1.95 bits per heavy atom. The van der Waals surface area contributed by atoms with Gasteiger partial charge in [0, 0.05) is 16.9 Å². The summed E-state index contributed by atoms with van der Waals surface area (Å²) in [6, 6.07) is 5.01. The van der Waals surface area contributed by atoms with Gasteiger partial charge in [0.25, 0.3) is 0 Å². The van der Waals surface area contributed by atoms with E-state index in [-0.39, 0.29) is 23.7 Å². The molecule has 0 saturated carbocycles. The number of anilines is 1. The van der Waals surface area contributed by atoms with Crippen molar-refractivity contribution in [2.75, 3.05) is 11.1 Å². The van der Waals surface area contributed by atoms with Gasteiger partial charge in [-0.1, -0.05) is 35.0 Å². The van der Waals surface area contributed by atoms with Crippen LogP contribution in [0.5, 0.6) is 5.75 Å². The van der Waals surface area contributed by atoms with Crippen molar-refractivity contribution >= 4 is 63.2 Å². The Balaban J connectivity index is 1.41. The van der Waals surface area contributed by atoms with Crippen LogP contribution in [0.15, 0.2) is 23.4 Å². The van der Waals surface area contributed by atoms with E-state index in [1.165, 1.54) is 23.1 Å². The fourth-order valence-corrected chi connectivity index (χ4v) is 6.52. The molecule has 0 aliphatic heterocycles. The van der Waals surface area contributed by atoms with Crippen LogP contribution in [0, 0.1) is 0 Å². The van der Waals surface area contributed by atoms with Crippen LogP contribution in [-0.4, -0.2) is 38.5 Å². The molecule has 198 valence electrons. The molecule has 0 radical (unpaired) electrons. The number of rotatable bonds is 9. The van der Waals surface area contributed by atoms with Gasteiger partial charge in [-0.15, -0.1) is 21.5 Å². The highest BCUT2D eigenvalue weighted by Gasteiger charge is 2.28. The van der Waals surface area contributed by atoms with Crippen LogP contribution < -0.4 is 10.1 Å². The molecule has 4 rings (SSSR count). The molecule has 0 bridgehead atoms. The third kappa shape index (κ3) is 6.60. The molecule has 2 heterocycles. The molecule has 0 saturated heterocycles. The Kier molecular flexibility index (Phi) is 9.05. The first-order chi connectivity index (χ1) is 17.6. The molecule has 0 spiro atoms. The first kappa shape index (κ1) is 27.8. The van der Waals surface area contributed by atoms with Crippen LogP contribution in [0.2, 0.25) is 10.0 Å². The Bertz CT molecular complexity index is 1310. The summed E-state index contributed by atoms with van der Waals surface area (Å²) in [7, 11) is 1.81. The number of nitrogens with zero attached hydrogens (tertiary/aromatic N) is 3. The number of ether oxygens (including phenoxy) is 2. The van der Waals surface area contributed by atoms with Crippen LogP contribution in [0.4, 0.5) is 5.00 Å². The van der Waals surface area contributed by atoms with E-state index in [0.717, 1.165) is 36.1 Å². The van der Waals surface area contributed by atoms with Gasteiger partial charge in [-0.3, -0.25) is 4.79 Å². The maximum atomic E-state index is 12.9. The Morgan fingerprint density at radius 3 is 2.68 bits per heavy atom. The fraction of sp³-hybridized carbons (Fsp3) is 0.440. The maximum Gasteiger partial charge on any atom is 0.341 e. The van der Waals surface area contributed by atoms with Crippen molar-refractivity contribution in [2.45, 2.75) is 63.8 Å². The maximum absolute atomic E-state index is 12.9. The number of benzene rings is 1. The van der Waals surface area contributed by atoms with E-state index in [2.05, 4.69) is 15.5 Å². The van der Waals surface area contributed by atoms with E-state index in [1.54, 1.807) is 22.8 Å². The molecule has 1 aromatic carbocycles. The van der Waals surface area contributed by atoms with Gasteiger partial charge in [-0.25, -0.2) is 4.79 Å². The average Bonchev–Trinajstić information content (AvgIpc) is 3.38. The number of amides is 1. The van der Waals surface area contributed by atoms with Crippen molar-refractivity contribution in [1.82, 2.24) is 14.8 Å². The normalized spacial score (nSPS) is 13.8. The minimum Gasteiger partial charge on any atom is -0.481 e. The zero-order chi connectivity index (χ0) is 26.7. The first-order valence-electron chi connectivity index (χ1n) is 11.9. The Hall–Kier alpha value is -2.27. The lowest BCUT2D eigenvalue weighted by Gasteiger charge is -2.15. The van der Waals surface area contributed by atoms with Crippen LogP contribution in [0.25, 0.3) is 0 Å². The monoisotopic (exact) mass is 582 g/mol. The lowest BCUT2D eigenvalue weighted by atomic mass is 9.95. The third-order valence-electron chi connectivity index (χ3n) is 5.73. The molecular formula is C25H28Cl2N4O4S2. The summed E-state index contributed by atoms with van der Waals surface area (Å²) in [5.41, 5.74) is 1.51. The van der Waals surface area contributed by atoms with E-state index in [9.17, 15) is 9.59 Å². The lowest BCUT2D eigenvalue weighted by molar-refractivity contribution is -0.113. The Morgan fingerprint density at radius 1 is 1.19 bits per heavy atom. The zero-order valence-corrected chi connectivity index (χ0v) is 24.1. The highest BCUT2D eigenvalue weighted by atomic mass is 35.5. The molecule has 1 amide bonds. The number of aromatic nitrogens is 3. The molecule has 8 nitrogen and oxygen atoms in total. The summed E-state index contributed by atoms with van der Waals surface area (Å²) in [6.07, 6.45) is 3.16. The molecule has 3 aromatic rings. The van der Waals surface area contributed by atoms with Crippen molar-refractivity contribution in [2.24, 2.45) is 7.05 Å². The molecule has 1 unspecified atom stereocenters. The summed E-state index contributed by atoms with van der Waals surface area (Å²) in [5, 5.41) is 13.4. The minimum absolute atomic E-state index is 0.103. The number of halogens is 2. The summed E-state index contributed by atoms with van der Waals surface area (Å²) < 4.78 is 13.2. The molecule has 1 aliphatic carbocycles. The molecule has 1 aliphatic rings. The van der Waals surface area contributed by atoms with Gasteiger partial charge in [0.2, 0.25) is 5.91 Å². The molecular weight excluding hydrogens is 555 g/mol. The van der Waals surface area contributed by atoms with Gasteiger partial charge < -0.3 is 19.4 Å². The van der Waals surface area contributed by atoms with Gasteiger partial charge in [0.05, 0.1) is 22.4 Å². The molecule has 37 heavy (non-hydrogen) atoms. The largest absolute Gasteiger partial charge is 0.481 e. The highest BCUT2D eigenvalue weighted by molar-refractivity contribution is 7.99. The van der Waals surface area contributed by atoms with E-state index in [1.807, 2.05) is 27.8 Å². The van der Waals surface area contributed by atoms with Gasteiger partial charge >= 0.3 is 5.97 Å². The number of carbonyl (C=O) groups excluding carboxylic acids is 2. The number of hydrogen-bond donors (Lipinski definition) is 1. The highest BCUT2D eigenvalue weighted by Crippen LogP contribution is 2.39. The van der Waals surface area contributed by atoms with Crippen molar-refractivity contribution in [3.8, 4) is 5.75 Å². The summed E-state index contributed by atoms with van der Waals surface area (Å²) in [5.74, 6) is 0.555. The topological polar surface area (TPSA) is 95.3 Å². The minimum atomic E-state index is -0.439. The van der Waals surface area contributed by atoms with Crippen LogP contribution in [0.3, 0.4) is 0 Å². The first-order valence-corrected chi connectivity index (χ1v) is 14.5.